The molecule has 0 saturated heterocycles. The first-order chi connectivity index (χ1) is 5.33. The van der Waals surface area contributed by atoms with E-state index >= 15 is 0 Å². The summed E-state index contributed by atoms with van der Waals surface area (Å²) in [5.74, 6) is 0. The number of hydrogen-bond acceptors (Lipinski definition) is 2. The van der Waals surface area contributed by atoms with E-state index in [9.17, 15) is 5.11 Å². The van der Waals surface area contributed by atoms with Crippen molar-refractivity contribution >= 4 is 9.47 Å². The Bertz CT molecular complexity index is 136. The molecule has 0 amide bonds. The molecule has 0 aromatic carbocycles. The van der Waals surface area contributed by atoms with E-state index in [0.29, 0.717) is 0 Å². The summed E-state index contributed by atoms with van der Waals surface area (Å²) in [6, 6.07) is 0. The zero-order valence-corrected chi connectivity index (χ0v) is 7.73. The normalized spacial score (nSPS) is 35.8. The molecule has 1 N–H and O–H groups in total. The zero-order valence-electron chi connectivity index (χ0n) is 6.57. The maximum absolute atomic E-state index is 9.28. The second kappa shape index (κ2) is 4.87. The topological polar surface area (TPSA) is 29.5 Å². The summed E-state index contributed by atoms with van der Waals surface area (Å²) in [5, 5.41) is 9.28. The van der Waals surface area contributed by atoms with Crippen LogP contribution in [0.15, 0.2) is 12.2 Å². The molecular formula is C8H15O2P. The molecule has 0 heterocycles. The van der Waals surface area contributed by atoms with Crippen molar-refractivity contribution in [2.75, 3.05) is 0 Å². The highest BCUT2D eigenvalue weighted by Crippen LogP contribution is 2.15. The molecule has 0 aromatic rings. The summed E-state index contributed by atoms with van der Waals surface area (Å²) in [7, 11) is 2.28. The van der Waals surface area contributed by atoms with Crippen molar-refractivity contribution in [2.45, 2.75) is 37.9 Å². The first kappa shape index (κ1) is 9.18. The number of aliphatic hydroxyl groups is 1. The average molecular weight is 174 g/mol. The molecule has 3 heteroatoms. The lowest BCUT2D eigenvalue weighted by Gasteiger charge is -2.15. The molecule has 0 aliphatic heterocycles. The molecule has 64 valence electrons. The quantitative estimate of drug-likeness (QED) is 0.484. The molecule has 3 atom stereocenters. The summed E-state index contributed by atoms with van der Waals surface area (Å²) >= 11 is 0. The number of hydrogen-bond donors (Lipinski definition) is 1. The van der Waals surface area contributed by atoms with E-state index < -0.39 is 0 Å². The largest absolute Gasteiger partial charge is 0.393 e. The van der Waals surface area contributed by atoms with E-state index in [1.54, 1.807) is 0 Å². The van der Waals surface area contributed by atoms with Crippen molar-refractivity contribution in [3.63, 3.8) is 0 Å². The molecule has 3 unspecified atom stereocenters. The minimum Gasteiger partial charge on any atom is -0.393 e. The van der Waals surface area contributed by atoms with Gasteiger partial charge in [-0.2, -0.15) is 0 Å². The van der Waals surface area contributed by atoms with Gasteiger partial charge in [-0.05, 0) is 25.7 Å². The predicted octanol–water partition coefficient (Wildman–Crippen LogP) is 1.65. The van der Waals surface area contributed by atoms with Gasteiger partial charge < -0.3 is 9.63 Å². The molecule has 0 radical (unpaired) electrons. The summed E-state index contributed by atoms with van der Waals surface area (Å²) in [5.41, 5.74) is 0. The lowest BCUT2D eigenvalue weighted by molar-refractivity contribution is 0.153. The minimum atomic E-state index is -0.142. The van der Waals surface area contributed by atoms with Crippen LogP contribution in [-0.2, 0) is 4.52 Å². The average Bonchev–Trinajstić information content (AvgIpc) is 1.96. The van der Waals surface area contributed by atoms with Crippen molar-refractivity contribution in [3.8, 4) is 0 Å². The summed E-state index contributed by atoms with van der Waals surface area (Å²) in [6.45, 7) is 0. The SMILES string of the molecule is OC1C/C=C\C(OP)CCC1. The van der Waals surface area contributed by atoms with Crippen molar-refractivity contribution < 1.29 is 9.63 Å². The van der Waals surface area contributed by atoms with Gasteiger partial charge in [0.05, 0.1) is 12.2 Å². The van der Waals surface area contributed by atoms with E-state index in [0.717, 1.165) is 25.7 Å². The third-order valence-corrected chi connectivity index (χ3v) is 2.31. The van der Waals surface area contributed by atoms with E-state index in [4.69, 9.17) is 4.52 Å². The van der Waals surface area contributed by atoms with Crippen LogP contribution in [0.2, 0.25) is 0 Å². The fourth-order valence-corrected chi connectivity index (χ4v) is 1.50. The molecule has 0 spiro atoms. The third kappa shape index (κ3) is 3.33. The molecule has 0 fully saturated rings. The first-order valence-corrected chi connectivity index (χ1v) is 4.50. The molecule has 1 aliphatic rings. The van der Waals surface area contributed by atoms with E-state index in [1.165, 1.54) is 0 Å². The summed E-state index contributed by atoms with van der Waals surface area (Å²) in [4.78, 5) is 0. The van der Waals surface area contributed by atoms with Crippen LogP contribution in [0.4, 0.5) is 0 Å². The summed E-state index contributed by atoms with van der Waals surface area (Å²) in [6.07, 6.45) is 7.83. The van der Waals surface area contributed by atoms with E-state index in [2.05, 4.69) is 9.47 Å². The highest BCUT2D eigenvalue weighted by Gasteiger charge is 2.09. The Morgan fingerprint density at radius 1 is 1.45 bits per heavy atom. The van der Waals surface area contributed by atoms with Gasteiger partial charge in [-0.25, -0.2) is 0 Å². The standard InChI is InChI=1S/C8H15O2P/c9-7-3-1-5-8(10-11)6-2-4-7/h1,5,7-9H,2-4,6,11H2/b5-1-. The Kier molecular flexibility index (Phi) is 4.06. The maximum Gasteiger partial charge on any atom is 0.0791 e. The van der Waals surface area contributed by atoms with E-state index in [1.807, 2.05) is 12.2 Å². The van der Waals surface area contributed by atoms with Gasteiger partial charge >= 0.3 is 0 Å². The van der Waals surface area contributed by atoms with Gasteiger partial charge in [0.15, 0.2) is 0 Å². The molecule has 1 aliphatic carbocycles. The Morgan fingerprint density at radius 2 is 2.27 bits per heavy atom. The van der Waals surface area contributed by atoms with Crippen LogP contribution in [-0.4, -0.2) is 17.3 Å². The van der Waals surface area contributed by atoms with Gasteiger partial charge in [-0.1, -0.05) is 12.2 Å². The van der Waals surface area contributed by atoms with Crippen LogP contribution in [0.5, 0.6) is 0 Å². The fourth-order valence-electron chi connectivity index (χ4n) is 1.27. The zero-order chi connectivity index (χ0) is 8.10. The Hall–Kier alpha value is 0.0900. The summed E-state index contributed by atoms with van der Waals surface area (Å²) < 4.78 is 5.11. The highest BCUT2D eigenvalue weighted by molar-refractivity contribution is 7.09. The van der Waals surface area contributed by atoms with Crippen LogP contribution < -0.4 is 0 Å². The number of aliphatic hydroxyl groups excluding tert-OH is 1. The maximum atomic E-state index is 9.28. The third-order valence-electron chi connectivity index (χ3n) is 1.96. The van der Waals surface area contributed by atoms with Gasteiger partial charge in [0.1, 0.15) is 0 Å². The van der Waals surface area contributed by atoms with Gasteiger partial charge in [0.2, 0.25) is 0 Å². The Labute approximate surface area is 69.9 Å². The monoisotopic (exact) mass is 174 g/mol. The Balaban J connectivity index is 2.39. The second-order valence-electron chi connectivity index (χ2n) is 2.92. The second-order valence-corrected chi connectivity index (χ2v) is 3.20. The lowest BCUT2D eigenvalue weighted by Crippen LogP contribution is -2.12. The molecule has 1 rings (SSSR count). The fraction of sp³-hybridized carbons (Fsp3) is 0.750. The smallest absolute Gasteiger partial charge is 0.0791 e. The van der Waals surface area contributed by atoms with Gasteiger partial charge in [-0.3, -0.25) is 0 Å². The van der Waals surface area contributed by atoms with Gasteiger partial charge in [0, 0.05) is 9.47 Å². The van der Waals surface area contributed by atoms with E-state index in [-0.39, 0.29) is 12.2 Å². The van der Waals surface area contributed by atoms with Crippen LogP contribution in [0.25, 0.3) is 0 Å². The van der Waals surface area contributed by atoms with Crippen LogP contribution in [0.3, 0.4) is 0 Å². The molecule has 0 aromatic heterocycles. The molecular weight excluding hydrogens is 159 g/mol. The van der Waals surface area contributed by atoms with Crippen molar-refractivity contribution in [3.05, 3.63) is 12.2 Å². The molecule has 11 heavy (non-hydrogen) atoms. The Morgan fingerprint density at radius 3 is 3.00 bits per heavy atom. The van der Waals surface area contributed by atoms with Crippen LogP contribution >= 0.6 is 9.47 Å². The van der Waals surface area contributed by atoms with Crippen molar-refractivity contribution in [1.29, 1.82) is 0 Å². The van der Waals surface area contributed by atoms with Crippen molar-refractivity contribution in [1.82, 2.24) is 0 Å². The van der Waals surface area contributed by atoms with Crippen LogP contribution in [0.1, 0.15) is 25.7 Å². The molecule has 2 nitrogen and oxygen atoms in total. The number of rotatable bonds is 1. The van der Waals surface area contributed by atoms with Gasteiger partial charge in [0.25, 0.3) is 0 Å². The lowest BCUT2D eigenvalue weighted by atomic mass is 10.0. The molecule has 0 saturated carbocycles. The minimum absolute atomic E-state index is 0.142. The highest BCUT2D eigenvalue weighted by atomic mass is 31.0. The first-order valence-electron chi connectivity index (χ1n) is 4.03. The van der Waals surface area contributed by atoms with Crippen molar-refractivity contribution in [2.24, 2.45) is 0 Å². The molecule has 0 bridgehead atoms. The van der Waals surface area contributed by atoms with Crippen LogP contribution in [0, 0.1) is 0 Å². The predicted molar refractivity (Wildman–Crippen MR) is 48.2 cm³/mol. The van der Waals surface area contributed by atoms with Gasteiger partial charge in [-0.15, -0.1) is 0 Å².